The van der Waals surface area contributed by atoms with Crippen LogP contribution in [0.3, 0.4) is 0 Å². The molecule has 0 spiro atoms. The summed E-state index contributed by atoms with van der Waals surface area (Å²) in [6.07, 6.45) is 3.59. The van der Waals surface area contributed by atoms with Gasteiger partial charge in [-0.15, -0.1) is 0 Å². The van der Waals surface area contributed by atoms with Crippen molar-refractivity contribution in [3.8, 4) is 5.75 Å². The summed E-state index contributed by atoms with van der Waals surface area (Å²) in [4.78, 5) is 0. The molecule has 0 aliphatic heterocycles. The second-order valence-corrected chi connectivity index (χ2v) is 6.66. The maximum Gasteiger partial charge on any atom is 0.124 e. The van der Waals surface area contributed by atoms with Crippen LogP contribution in [0.25, 0.3) is 0 Å². The molecule has 0 saturated heterocycles. The molecule has 1 aliphatic carbocycles. The van der Waals surface area contributed by atoms with Gasteiger partial charge in [0.05, 0.1) is 11.8 Å². The van der Waals surface area contributed by atoms with Crippen molar-refractivity contribution in [2.75, 3.05) is 5.32 Å². The van der Waals surface area contributed by atoms with Gasteiger partial charge in [0.1, 0.15) is 11.9 Å². The summed E-state index contributed by atoms with van der Waals surface area (Å²) < 4.78 is 7.85. The molecule has 2 unspecified atom stereocenters. The highest BCUT2D eigenvalue weighted by Gasteiger charge is 2.24. The SMILES string of the molecule is Cc1nn(C)c(C)c1CNc1ccc(OC2CCCCC2O)cc1. The van der Waals surface area contributed by atoms with Gasteiger partial charge in [-0.3, -0.25) is 4.68 Å². The standard InChI is InChI=1S/C19H27N3O2/c1-13-17(14(2)22(3)21-13)12-20-15-8-10-16(11-9-15)24-19-7-5-4-6-18(19)23/h8-11,18-20,23H,4-7,12H2,1-3H3. The van der Waals surface area contributed by atoms with E-state index in [-0.39, 0.29) is 12.2 Å². The summed E-state index contributed by atoms with van der Waals surface area (Å²) in [5.74, 6) is 0.820. The molecule has 1 saturated carbocycles. The van der Waals surface area contributed by atoms with Gasteiger partial charge < -0.3 is 15.2 Å². The molecule has 1 aliphatic rings. The van der Waals surface area contributed by atoms with Gasteiger partial charge in [0.2, 0.25) is 0 Å². The quantitative estimate of drug-likeness (QED) is 0.883. The van der Waals surface area contributed by atoms with E-state index in [1.807, 2.05) is 42.9 Å². The number of nitrogens with one attached hydrogen (secondary N) is 1. The van der Waals surface area contributed by atoms with Crippen molar-refractivity contribution in [2.24, 2.45) is 7.05 Å². The average Bonchev–Trinajstić information content (AvgIpc) is 2.82. The Labute approximate surface area is 143 Å². The zero-order chi connectivity index (χ0) is 17.1. The first-order chi connectivity index (χ1) is 11.5. The normalized spacial score (nSPS) is 20.8. The van der Waals surface area contributed by atoms with Crippen molar-refractivity contribution in [1.29, 1.82) is 0 Å². The predicted molar refractivity (Wildman–Crippen MR) is 95.3 cm³/mol. The fraction of sp³-hybridized carbons (Fsp3) is 0.526. The number of aromatic nitrogens is 2. The first-order valence-electron chi connectivity index (χ1n) is 8.72. The molecule has 2 aromatic rings. The number of rotatable bonds is 5. The van der Waals surface area contributed by atoms with Crippen LogP contribution in [0, 0.1) is 13.8 Å². The Morgan fingerprint density at radius 3 is 2.54 bits per heavy atom. The molecular formula is C19H27N3O2. The molecule has 2 atom stereocenters. The third-order valence-corrected chi connectivity index (χ3v) is 4.94. The van der Waals surface area contributed by atoms with Crippen molar-refractivity contribution in [3.63, 3.8) is 0 Å². The fourth-order valence-corrected chi connectivity index (χ4v) is 3.30. The highest BCUT2D eigenvalue weighted by atomic mass is 16.5. The molecule has 1 aromatic heterocycles. The van der Waals surface area contributed by atoms with Gasteiger partial charge >= 0.3 is 0 Å². The number of aliphatic hydroxyl groups excluding tert-OH is 1. The predicted octanol–water partition coefficient (Wildman–Crippen LogP) is 3.33. The van der Waals surface area contributed by atoms with E-state index >= 15 is 0 Å². The van der Waals surface area contributed by atoms with E-state index in [1.165, 1.54) is 11.3 Å². The van der Waals surface area contributed by atoms with E-state index in [4.69, 9.17) is 4.74 Å². The molecule has 24 heavy (non-hydrogen) atoms. The van der Waals surface area contributed by atoms with Crippen LogP contribution in [0.15, 0.2) is 24.3 Å². The summed E-state index contributed by atoms with van der Waals surface area (Å²) >= 11 is 0. The average molecular weight is 329 g/mol. The topological polar surface area (TPSA) is 59.3 Å². The summed E-state index contributed by atoms with van der Waals surface area (Å²) in [6, 6.07) is 7.97. The Hall–Kier alpha value is -2.01. The van der Waals surface area contributed by atoms with Crippen LogP contribution in [0.4, 0.5) is 5.69 Å². The lowest BCUT2D eigenvalue weighted by Crippen LogP contribution is -2.34. The van der Waals surface area contributed by atoms with Gasteiger partial charge in [-0.1, -0.05) is 6.42 Å². The van der Waals surface area contributed by atoms with Crippen LogP contribution in [0.2, 0.25) is 0 Å². The molecule has 130 valence electrons. The second kappa shape index (κ2) is 7.26. The molecule has 1 aromatic carbocycles. The van der Waals surface area contributed by atoms with E-state index in [1.54, 1.807) is 0 Å². The zero-order valence-electron chi connectivity index (χ0n) is 14.7. The number of nitrogens with zero attached hydrogens (tertiary/aromatic N) is 2. The molecule has 0 amide bonds. The molecular weight excluding hydrogens is 302 g/mol. The van der Waals surface area contributed by atoms with Crippen LogP contribution in [0.1, 0.15) is 42.6 Å². The first kappa shape index (κ1) is 16.8. The van der Waals surface area contributed by atoms with Gasteiger partial charge in [-0.05, 0) is 57.4 Å². The van der Waals surface area contributed by atoms with Gasteiger partial charge in [0.25, 0.3) is 0 Å². The highest BCUT2D eigenvalue weighted by Crippen LogP contribution is 2.25. The van der Waals surface area contributed by atoms with Gasteiger partial charge in [0.15, 0.2) is 0 Å². The third kappa shape index (κ3) is 3.73. The van der Waals surface area contributed by atoms with Crippen molar-refractivity contribution in [1.82, 2.24) is 9.78 Å². The molecule has 3 rings (SSSR count). The van der Waals surface area contributed by atoms with Crippen molar-refractivity contribution in [3.05, 3.63) is 41.2 Å². The molecule has 5 heteroatoms. The van der Waals surface area contributed by atoms with E-state index in [2.05, 4.69) is 17.3 Å². The monoisotopic (exact) mass is 329 g/mol. The van der Waals surface area contributed by atoms with Crippen LogP contribution >= 0.6 is 0 Å². The van der Waals surface area contributed by atoms with E-state index < -0.39 is 0 Å². The largest absolute Gasteiger partial charge is 0.488 e. The van der Waals surface area contributed by atoms with E-state index in [0.29, 0.717) is 0 Å². The highest BCUT2D eigenvalue weighted by molar-refractivity contribution is 5.47. The Balaban J connectivity index is 1.58. The van der Waals surface area contributed by atoms with Crippen LogP contribution in [-0.4, -0.2) is 27.1 Å². The Kier molecular flexibility index (Phi) is 5.09. The number of anilines is 1. The zero-order valence-corrected chi connectivity index (χ0v) is 14.7. The third-order valence-electron chi connectivity index (χ3n) is 4.94. The molecule has 0 radical (unpaired) electrons. The second-order valence-electron chi connectivity index (χ2n) is 6.66. The van der Waals surface area contributed by atoms with Crippen LogP contribution < -0.4 is 10.1 Å². The molecule has 1 heterocycles. The fourth-order valence-electron chi connectivity index (χ4n) is 3.30. The van der Waals surface area contributed by atoms with Crippen molar-refractivity contribution in [2.45, 2.75) is 58.3 Å². The molecule has 2 N–H and O–H groups in total. The molecule has 1 fully saturated rings. The van der Waals surface area contributed by atoms with Crippen LogP contribution in [-0.2, 0) is 13.6 Å². The number of aryl methyl sites for hydroxylation is 2. The van der Waals surface area contributed by atoms with Crippen LogP contribution in [0.5, 0.6) is 5.75 Å². The summed E-state index contributed by atoms with van der Waals surface area (Å²) in [5, 5.41) is 17.9. The number of hydrogen-bond acceptors (Lipinski definition) is 4. The van der Waals surface area contributed by atoms with Crippen molar-refractivity contribution < 1.29 is 9.84 Å². The van der Waals surface area contributed by atoms with E-state index in [0.717, 1.165) is 49.4 Å². The number of hydrogen-bond donors (Lipinski definition) is 2. The first-order valence-corrected chi connectivity index (χ1v) is 8.72. The minimum Gasteiger partial charge on any atom is -0.488 e. The maximum absolute atomic E-state index is 10.0. The van der Waals surface area contributed by atoms with Gasteiger partial charge in [0, 0.05) is 30.5 Å². The van der Waals surface area contributed by atoms with E-state index in [9.17, 15) is 5.11 Å². The summed E-state index contributed by atoms with van der Waals surface area (Å²) in [5.41, 5.74) is 4.54. The number of ether oxygens (including phenoxy) is 1. The van der Waals surface area contributed by atoms with Gasteiger partial charge in [-0.25, -0.2) is 0 Å². The molecule has 0 bridgehead atoms. The lowest BCUT2D eigenvalue weighted by Gasteiger charge is -2.28. The summed E-state index contributed by atoms with van der Waals surface area (Å²) in [6.45, 7) is 4.88. The number of aliphatic hydroxyl groups is 1. The lowest BCUT2D eigenvalue weighted by molar-refractivity contribution is 0.00688. The Morgan fingerprint density at radius 2 is 1.92 bits per heavy atom. The summed E-state index contributed by atoms with van der Waals surface area (Å²) in [7, 11) is 1.97. The minimum atomic E-state index is -0.340. The van der Waals surface area contributed by atoms with Crippen molar-refractivity contribution >= 4 is 5.69 Å². The Bertz CT molecular complexity index is 679. The number of benzene rings is 1. The lowest BCUT2D eigenvalue weighted by atomic mass is 9.95. The smallest absolute Gasteiger partial charge is 0.124 e. The minimum absolute atomic E-state index is 0.0711. The van der Waals surface area contributed by atoms with Gasteiger partial charge in [-0.2, -0.15) is 5.10 Å². The molecule has 5 nitrogen and oxygen atoms in total. The maximum atomic E-state index is 10.0. The Morgan fingerprint density at radius 1 is 1.21 bits per heavy atom.